The van der Waals surface area contributed by atoms with E-state index in [9.17, 15) is 4.79 Å². The van der Waals surface area contributed by atoms with Gasteiger partial charge in [0, 0.05) is 12.0 Å². The summed E-state index contributed by atoms with van der Waals surface area (Å²) < 4.78 is 2.05. The van der Waals surface area contributed by atoms with E-state index in [1.54, 1.807) is 0 Å². The molecule has 3 atom stereocenters. The molecular formula is C21H23N4O3-. The van der Waals surface area contributed by atoms with Crippen molar-refractivity contribution in [2.45, 2.75) is 45.1 Å². The van der Waals surface area contributed by atoms with Crippen LogP contribution in [0.5, 0.6) is 0 Å². The van der Waals surface area contributed by atoms with Crippen molar-refractivity contribution in [2.24, 2.45) is 11.8 Å². The molecule has 1 N–H and O–H groups in total. The molecule has 7 nitrogen and oxygen atoms in total. The number of rotatable bonds is 2. The topological polar surface area (TPSA) is 104 Å². The van der Waals surface area contributed by atoms with Gasteiger partial charge in [-0.05, 0) is 38.0 Å². The highest BCUT2D eigenvalue weighted by molar-refractivity contribution is 5.81. The van der Waals surface area contributed by atoms with Crippen LogP contribution in [0.3, 0.4) is 0 Å². The van der Waals surface area contributed by atoms with Crippen LogP contribution >= 0.6 is 0 Å². The summed E-state index contributed by atoms with van der Waals surface area (Å²) >= 11 is 0. The fraction of sp³-hybridized carbons (Fsp3) is 0.429. The number of nitrogens with one attached hydrogen (secondary N) is 1. The molecule has 146 valence electrons. The molecule has 0 spiro atoms. The van der Waals surface area contributed by atoms with Crippen LogP contribution in [-0.2, 0) is 4.79 Å². The minimum absolute atomic E-state index is 0.0255. The van der Waals surface area contributed by atoms with E-state index < -0.39 is 6.47 Å². The molecular weight excluding hydrogens is 356 g/mol. The van der Waals surface area contributed by atoms with E-state index in [2.05, 4.69) is 14.9 Å². The van der Waals surface area contributed by atoms with Crippen LogP contribution in [-0.4, -0.2) is 26.5 Å². The van der Waals surface area contributed by atoms with Gasteiger partial charge in [0.1, 0.15) is 5.69 Å². The third-order valence-electron chi connectivity index (χ3n) is 6.05. The summed E-state index contributed by atoms with van der Waals surface area (Å²) in [5.74, 6) is 1.65. The lowest BCUT2D eigenvalue weighted by Gasteiger charge is -2.28. The molecule has 5 rings (SSSR count). The van der Waals surface area contributed by atoms with Crippen molar-refractivity contribution in [3.63, 3.8) is 0 Å². The molecule has 2 fully saturated rings. The first kappa shape index (κ1) is 18.4. The van der Waals surface area contributed by atoms with Crippen molar-refractivity contribution >= 4 is 17.5 Å². The van der Waals surface area contributed by atoms with Crippen LogP contribution in [0.1, 0.15) is 43.8 Å². The van der Waals surface area contributed by atoms with Gasteiger partial charge in [0.25, 0.3) is 0 Å². The van der Waals surface area contributed by atoms with Gasteiger partial charge in [0.2, 0.25) is 5.43 Å². The first-order valence-electron chi connectivity index (χ1n) is 9.70. The second-order valence-electron chi connectivity index (χ2n) is 7.79. The van der Waals surface area contributed by atoms with Crippen LogP contribution in [0.25, 0.3) is 22.3 Å². The highest BCUT2D eigenvalue weighted by Gasteiger charge is 2.36. The number of carboxylic acid groups (broad SMARTS) is 1. The molecule has 2 aromatic heterocycles. The highest BCUT2D eigenvalue weighted by atomic mass is 16.3. The highest BCUT2D eigenvalue weighted by Crippen LogP contribution is 2.46. The number of hydrogen-bond donors (Lipinski definition) is 1. The molecule has 2 aliphatic rings. The Morgan fingerprint density at radius 3 is 2.43 bits per heavy atom. The molecule has 28 heavy (non-hydrogen) atoms. The van der Waals surface area contributed by atoms with E-state index in [1.807, 2.05) is 37.3 Å². The lowest BCUT2D eigenvalue weighted by atomic mass is 9.85. The minimum atomic E-state index is -0.500. The Balaban J connectivity index is 0.000000604. The van der Waals surface area contributed by atoms with Gasteiger partial charge in [-0.1, -0.05) is 43.2 Å². The van der Waals surface area contributed by atoms with Gasteiger partial charge >= 0.3 is 0 Å². The third-order valence-corrected chi connectivity index (χ3v) is 6.05. The maximum Gasteiger partial charge on any atom is 0.219 e. The Bertz CT molecular complexity index is 1030. The van der Waals surface area contributed by atoms with Gasteiger partial charge in [-0.25, -0.2) is 4.68 Å². The second kappa shape index (κ2) is 7.58. The van der Waals surface area contributed by atoms with E-state index in [1.165, 1.54) is 32.1 Å². The van der Waals surface area contributed by atoms with Crippen LogP contribution < -0.4 is 10.5 Å². The SMILES string of the molecule is Cc1nn(C2C[C@H]3CC[C@@H](C2)C3)c2[nH]nc(-c3ccccc3)c(=O)c12.O=C[O-]. The summed E-state index contributed by atoms with van der Waals surface area (Å²) in [7, 11) is 0. The average molecular weight is 379 g/mol. The van der Waals surface area contributed by atoms with E-state index in [0.717, 1.165) is 28.7 Å². The number of benzene rings is 1. The van der Waals surface area contributed by atoms with E-state index in [4.69, 9.17) is 15.0 Å². The Labute approximate surface area is 162 Å². The van der Waals surface area contributed by atoms with Crippen LogP contribution in [0.2, 0.25) is 0 Å². The summed E-state index contributed by atoms with van der Waals surface area (Å²) in [6, 6.07) is 10.0. The molecule has 2 aliphatic carbocycles. The number of carbonyl (C=O) groups excluding carboxylic acids is 1. The molecule has 7 heteroatoms. The Morgan fingerprint density at radius 2 is 1.79 bits per heavy atom. The summed E-state index contributed by atoms with van der Waals surface area (Å²) in [6.07, 6.45) is 6.44. The lowest BCUT2D eigenvalue weighted by molar-refractivity contribution is -0.283. The first-order valence-corrected chi connectivity index (χ1v) is 9.70. The molecule has 0 saturated heterocycles. The molecule has 1 aromatic carbocycles. The van der Waals surface area contributed by atoms with E-state index >= 15 is 0 Å². The van der Waals surface area contributed by atoms with Crippen molar-refractivity contribution in [3.05, 3.63) is 46.2 Å². The van der Waals surface area contributed by atoms with Crippen molar-refractivity contribution in [2.75, 3.05) is 0 Å². The number of fused-ring (bicyclic) bond motifs is 3. The number of carbonyl (C=O) groups is 1. The first-order chi connectivity index (χ1) is 13.6. The number of aryl methyl sites for hydroxylation is 1. The summed E-state index contributed by atoms with van der Waals surface area (Å²) in [6.45, 7) is 1.43. The molecule has 0 aliphatic heterocycles. The zero-order valence-corrected chi connectivity index (χ0v) is 15.8. The zero-order chi connectivity index (χ0) is 19.7. The van der Waals surface area contributed by atoms with Crippen LogP contribution in [0.15, 0.2) is 35.1 Å². The second-order valence-corrected chi connectivity index (χ2v) is 7.79. The normalized spacial score (nSPS) is 23.2. The molecule has 1 unspecified atom stereocenters. The maximum absolute atomic E-state index is 13.1. The van der Waals surface area contributed by atoms with Gasteiger partial charge < -0.3 is 9.90 Å². The Hall–Kier alpha value is -2.96. The molecule has 0 radical (unpaired) electrons. The number of aromatic nitrogens is 4. The van der Waals surface area contributed by atoms with Crippen molar-refractivity contribution in [3.8, 4) is 11.3 Å². The number of hydrogen-bond acceptors (Lipinski definition) is 5. The van der Waals surface area contributed by atoms with E-state index in [-0.39, 0.29) is 5.43 Å². The maximum atomic E-state index is 13.1. The molecule has 3 aromatic rings. The minimum Gasteiger partial charge on any atom is -0.554 e. The molecule has 2 bridgehead atoms. The Morgan fingerprint density at radius 1 is 1.14 bits per heavy atom. The Kier molecular flexibility index (Phi) is 4.98. The van der Waals surface area contributed by atoms with Gasteiger partial charge in [-0.15, -0.1) is 0 Å². The summed E-state index contributed by atoms with van der Waals surface area (Å²) in [4.78, 5) is 21.3. The lowest BCUT2D eigenvalue weighted by Crippen LogP contribution is -2.21. The van der Waals surface area contributed by atoms with Crippen molar-refractivity contribution in [1.82, 2.24) is 20.0 Å². The monoisotopic (exact) mass is 379 g/mol. The van der Waals surface area contributed by atoms with Gasteiger partial charge in [0.05, 0.1) is 17.1 Å². The summed E-state index contributed by atoms with van der Waals surface area (Å²) in [5, 5.41) is 21.2. The third kappa shape index (κ3) is 3.21. The quantitative estimate of drug-likeness (QED) is 0.688. The standard InChI is InChI=1S/C20H22N4O.CH2O2/c1-12-17-19(25)18(15-5-3-2-4-6-15)21-22-20(17)24(23-12)16-10-13-7-8-14(9-13)11-16;2-1-3/h2-6,13-14,16H,7-11H2,1H3,(H,22,25);1H,(H,2,3)/p-1/t13-,14+,16?;. The van der Waals surface area contributed by atoms with Crippen molar-refractivity contribution < 1.29 is 9.90 Å². The van der Waals surface area contributed by atoms with Gasteiger partial charge in [0.15, 0.2) is 5.65 Å². The molecule has 0 amide bonds. The van der Waals surface area contributed by atoms with E-state index in [0.29, 0.717) is 17.1 Å². The fourth-order valence-corrected chi connectivity index (χ4v) is 4.93. The molecule has 2 saturated carbocycles. The molecule has 2 heterocycles. The predicted octanol–water partition coefficient (Wildman–Crippen LogP) is 2.21. The fourth-order valence-electron chi connectivity index (χ4n) is 4.93. The van der Waals surface area contributed by atoms with Crippen LogP contribution in [0, 0.1) is 18.8 Å². The zero-order valence-electron chi connectivity index (χ0n) is 15.8. The van der Waals surface area contributed by atoms with Gasteiger partial charge in [-0.3, -0.25) is 9.89 Å². The number of aromatic amines is 1. The largest absolute Gasteiger partial charge is 0.554 e. The van der Waals surface area contributed by atoms with Crippen LogP contribution in [0.4, 0.5) is 0 Å². The smallest absolute Gasteiger partial charge is 0.219 e. The number of H-pyrrole nitrogens is 1. The average Bonchev–Trinajstić information content (AvgIpc) is 3.22. The summed E-state index contributed by atoms with van der Waals surface area (Å²) in [5.41, 5.74) is 2.87. The number of nitrogens with zero attached hydrogens (tertiary/aromatic N) is 3. The van der Waals surface area contributed by atoms with Crippen molar-refractivity contribution in [1.29, 1.82) is 0 Å². The van der Waals surface area contributed by atoms with Gasteiger partial charge in [-0.2, -0.15) is 10.2 Å². The predicted molar refractivity (Wildman–Crippen MR) is 103 cm³/mol.